The maximum atomic E-state index is 12.9. The van der Waals surface area contributed by atoms with Crippen molar-refractivity contribution in [3.8, 4) is 11.5 Å². The Hall–Kier alpha value is -2.60. The number of aromatic nitrogens is 1. The van der Waals surface area contributed by atoms with E-state index in [2.05, 4.69) is 27.3 Å². The van der Waals surface area contributed by atoms with Gasteiger partial charge in [-0.2, -0.15) is 0 Å². The molecule has 2 aliphatic heterocycles. The van der Waals surface area contributed by atoms with Gasteiger partial charge in [0.15, 0.2) is 11.5 Å². The number of nitrogens with one attached hydrogen (secondary N) is 1. The molecule has 0 unspecified atom stereocenters. The molecule has 1 aromatic heterocycles. The molecule has 2 fully saturated rings. The standard InChI is InChI=1S/C21H23N3O3/c25-21(23-16-7-5-15(6-8-16)14-3-4-14)18-2-1-11-24(18)12-17-20-19(9-10-22-17)26-13-27-20/h5-10,14,18H,1-4,11-13H2,(H,23,25)/t18-/m1/s1. The van der Waals surface area contributed by atoms with Crippen LogP contribution in [-0.2, 0) is 11.3 Å². The first-order chi connectivity index (χ1) is 13.3. The average Bonchev–Trinajstić information content (AvgIpc) is 3.23. The maximum absolute atomic E-state index is 12.9. The highest BCUT2D eigenvalue weighted by molar-refractivity contribution is 5.95. The molecule has 1 N–H and O–H groups in total. The Morgan fingerprint density at radius 3 is 2.81 bits per heavy atom. The molecule has 0 bridgehead atoms. The lowest BCUT2D eigenvalue weighted by atomic mass is 10.1. The smallest absolute Gasteiger partial charge is 0.241 e. The number of anilines is 1. The third kappa shape index (κ3) is 3.37. The number of pyridine rings is 1. The van der Waals surface area contributed by atoms with Crippen LogP contribution in [0.3, 0.4) is 0 Å². The quantitative estimate of drug-likeness (QED) is 0.881. The molecule has 140 valence electrons. The fourth-order valence-corrected chi connectivity index (χ4v) is 3.99. The number of carbonyl (C=O) groups is 1. The Labute approximate surface area is 158 Å². The van der Waals surface area contributed by atoms with Crippen LogP contribution in [-0.4, -0.2) is 35.2 Å². The number of hydrogen-bond donors (Lipinski definition) is 1. The second-order valence-electron chi connectivity index (χ2n) is 7.51. The van der Waals surface area contributed by atoms with Crippen molar-refractivity contribution in [2.45, 2.75) is 44.2 Å². The lowest BCUT2D eigenvalue weighted by Gasteiger charge is -2.23. The van der Waals surface area contributed by atoms with Crippen LogP contribution in [0.4, 0.5) is 5.69 Å². The summed E-state index contributed by atoms with van der Waals surface area (Å²) in [7, 11) is 0. The predicted molar refractivity (Wildman–Crippen MR) is 101 cm³/mol. The van der Waals surface area contributed by atoms with Gasteiger partial charge in [0.2, 0.25) is 12.7 Å². The van der Waals surface area contributed by atoms with Crippen molar-refractivity contribution in [3.63, 3.8) is 0 Å². The highest BCUT2D eigenvalue weighted by atomic mass is 16.7. The van der Waals surface area contributed by atoms with Crippen molar-refractivity contribution >= 4 is 11.6 Å². The summed E-state index contributed by atoms with van der Waals surface area (Å²) in [6.45, 7) is 1.70. The normalized spacial score (nSPS) is 21.4. The van der Waals surface area contributed by atoms with E-state index in [1.165, 1.54) is 18.4 Å². The zero-order valence-electron chi connectivity index (χ0n) is 15.2. The van der Waals surface area contributed by atoms with Crippen molar-refractivity contribution in [3.05, 3.63) is 47.8 Å². The summed E-state index contributed by atoms with van der Waals surface area (Å²) in [5.74, 6) is 2.22. The van der Waals surface area contributed by atoms with Gasteiger partial charge in [0.1, 0.15) is 5.69 Å². The summed E-state index contributed by atoms with van der Waals surface area (Å²) in [5.41, 5.74) is 3.08. The number of benzene rings is 1. The molecule has 1 saturated carbocycles. The number of carbonyl (C=O) groups excluding carboxylic acids is 1. The van der Waals surface area contributed by atoms with E-state index < -0.39 is 0 Å². The highest BCUT2D eigenvalue weighted by Gasteiger charge is 2.32. The molecule has 1 aromatic carbocycles. The molecular formula is C21H23N3O3. The Morgan fingerprint density at radius 2 is 2.00 bits per heavy atom. The Balaban J connectivity index is 1.26. The van der Waals surface area contributed by atoms with Gasteiger partial charge in [-0.15, -0.1) is 0 Å². The number of fused-ring (bicyclic) bond motifs is 1. The van der Waals surface area contributed by atoms with E-state index in [9.17, 15) is 4.79 Å². The topological polar surface area (TPSA) is 63.7 Å². The molecule has 0 radical (unpaired) electrons. The zero-order chi connectivity index (χ0) is 18.2. The fourth-order valence-electron chi connectivity index (χ4n) is 3.99. The second-order valence-corrected chi connectivity index (χ2v) is 7.51. The molecule has 27 heavy (non-hydrogen) atoms. The maximum Gasteiger partial charge on any atom is 0.241 e. The van der Waals surface area contributed by atoms with Gasteiger partial charge >= 0.3 is 0 Å². The van der Waals surface area contributed by atoms with Crippen molar-refractivity contribution < 1.29 is 14.3 Å². The molecule has 6 heteroatoms. The molecule has 2 aromatic rings. The highest BCUT2D eigenvalue weighted by Crippen LogP contribution is 2.40. The minimum Gasteiger partial charge on any atom is -0.453 e. The third-order valence-corrected chi connectivity index (χ3v) is 5.61. The van der Waals surface area contributed by atoms with E-state index in [-0.39, 0.29) is 18.7 Å². The first kappa shape index (κ1) is 16.6. The van der Waals surface area contributed by atoms with Crippen molar-refractivity contribution in [2.24, 2.45) is 0 Å². The Bertz CT molecular complexity index is 848. The summed E-state index contributed by atoms with van der Waals surface area (Å²) in [6, 6.07) is 9.96. The minimum atomic E-state index is -0.145. The van der Waals surface area contributed by atoms with E-state index >= 15 is 0 Å². The monoisotopic (exact) mass is 365 g/mol. The predicted octanol–water partition coefficient (Wildman–Crippen LogP) is 3.29. The first-order valence-corrected chi connectivity index (χ1v) is 9.66. The molecule has 1 atom stereocenters. The van der Waals surface area contributed by atoms with Crippen LogP contribution >= 0.6 is 0 Å². The number of hydrogen-bond acceptors (Lipinski definition) is 5. The molecular weight excluding hydrogens is 342 g/mol. The van der Waals surface area contributed by atoms with Gasteiger partial charge in [0, 0.05) is 24.5 Å². The van der Waals surface area contributed by atoms with E-state index in [1.54, 1.807) is 6.20 Å². The van der Waals surface area contributed by atoms with Crippen molar-refractivity contribution in [2.75, 3.05) is 18.7 Å². The van der Waals surface area contributed by atoms with E-state index in [0.29, 0.717) is 12.3 Å². The lowest BCUT2D eigenvalue weighted by Crippen LogP contribution is -2.39. The third-order valence-electron chi connectivity index (χ3n) is 5.61. The molecule has 5 rings (SSSR count). The Kier molecular flexibility index (Phi) is 4.20. The zero-order valence-corrected chi connectivity index (χ0v) is 15.2. The van der Waals surface area contributed by atoms with Gasteiger partial charge in [0.05, 0.1) is 6.04 Å². The van der Waals surface area contributed by atoms with Gasteiger partial charge in [-0.05, 0) is 55.8 Å². The van der Waals surface area contributed by atoms with Crippen LogP contribution in [0.2, 0.25) is 0 Å². The molecule has 1 saturated heterocycles. The van der Waals surface area contributed by atoms with E-state index in [4.69, 9.17) is 9.47 Å². The minimum absolute atomic E-state index is 0.0522. The number of nitrogens with zero attached hydrogens (tertiary/aromatic N) is 2. The van der Waals surface area contributed by atoms with E-state index in [0.717, 1.165) is 42.4 Å². The number of ether oxygens (including phenoxy) is 2. The van der Waals surface area contributed by atoms with E-state index in [1.807, 2.05) is 18.2 Å². The number of rotatable bonds is 5. The number of amides is 1. The largest absolute Gasteiger partial charge is 0.453 e. The van der Waals surface area contributed by atoms with Gasteiger partial charge in [-0.25, -0.2) is 0 Å². The summed E-state index contributed by atoms with van der Waals surface area (Å²) in [6.07, 6.45) is 6.17. The molecule has 1 amide bonds. The molecule has 6 nitrogen and oxygen atoms in total. The number of likely N-dealkylation sites (tertiary alicyclic amines) is 1. The summed E-state index contributed by atoms with van der Waals surface area (Å²) >= 11 is 0. The van der Waals surface area contributed by atoms with Crippen LogP contribution < -0.4 is 14.8 Å². The molecule has 3 heterocycles. The Morgan fingerprint density at radius 1 is 1.15 bits per heavy atom. The molecule has 3 aliphatic rings. The molecule has 1 aliphatic carbocycles. The van der Waals surface area contributed by atoms with Crippen LogP contribution in [0.25, 0.3) is 0 Å². The van der Waals surface area contributed by atoms with Crippen molar-refractivity contribution in [1.82, 2.24) is 9.88 Å². The van der Waals surface area contributed by atoms with Crippen LogP contribution in [0.15, 0.2) is 36.5 Å². The van der Waals surface area contributed by atoms with Gasteiger partial charge in [0.25, 0.3) is 0 Å². The summed E-state index contributed by atoms with van der Waals surface area (Å²) in [5, 5.41) is 3.08. The van der Waals surface area contributed by atoms with Crippen LogP contribution in [0, 0.1) is 0 Å². The summed E-state index contributed by atoms with van der Waals surface area (Å²) in [4.78, 5) is 19.5. The SMILES string of the molecule is O=C(Nc1ccc(C2CC2)cc1)[C@H]1CCCN1Cc1nccc2c1OCO2. The van der Waals surface area contributed by atoms with Gasteiger partial charge in [-0.1, -0.05) is 12.1 Å². The fraction of sp³-hybridized carbons (Fsp3) is 0.429. The molecule has 0 spiro atoms. The lowest BCUT2D eigenvalue weighted by molar-refractivity contribution is -0.120. The average molecular weight is 365 g/mol. The van der Waals surface area contributed by atoms with Gasteiger partial charge < -0.3 is 14.8 Å². The van der Waals surface area contributed by atoms with Crippen LogP contribution in [0.5, 0.6) is 11.5 Å². The second kappa shape index (κ2) is 6.85. The summed E-state index contributed by atoms with van der Waals surface area (Å²) < 4.78 is 11.0. The first-order valence-electron chi connectivity index (χ1n) is 9.66. The van der Waals surface area contributed by atoms with Crippen molar-refractivity contribution in [1.29, 1.82) is 0 Å². The van der Waals surface area contributed by atoms with Gasteiger partial charge in [-0.3, -0.25) is 14.7 Å². The van der Waals surface area contributed by atoms with Crippen LogP contribution in [0.1, 0.15) is 42.9 Å².